The van der Waals surface area contributed by atoms with E-state index >= 15 is 0 Å². The van der Waals surface area contributed by atoms with Crippen LogP contribution < -0.4 is 4.74 Å². The molecule has 1 N–H and O–H groups in total. The van der Waals surface area contributed by atoms with E-state index < -0.39 is 0 Å². The smallest absolute Gasteiger partial charge is 0.165 e. The number of ether oxygens (including phenoxy) is 1. The Kier molecular flexibility index (Phi) is 1.74. The molecule has 0 fully saturated rings. The van der Waals surface area contributed by atoms with Crippen molar-refractivity contribution in [2.45, 2.75) is 0 Å². The topological polar surface area (TPSA) is 50.8 Å². The van der Waals surface area contributed by atoms with E-state index in [2.05, 4.69) is 15.2 Å². The van der Waals surface area contributed by atoms with Crippen molar-refractivity contribution in [2.75, 3.05) is 0 Å². The van der Waals surface area contributed by atoms with Crippen LogP contribution in [0.25, 0.3) is 0 Å². The number of hydrogen-bond acceptors (Lipinski definition) is 3. The molecule has 0 aliphatic carbocycles. The van der Waals surface area contributed by atoms with Crippen LogP contribution in [0.3, 0.4) is 0 Å². The molecule has 0 spiro atoms. The molecule has 0 saturated carbocycles. The fourth-order valence-electron chi connectivity index (χ4n) is 0.837. The van der Waals surface area contributed by atoms with E-state index in [1.54, 1.807) is 36.9 Å². The number of hydrogen-bond donors (Lipinski definition) is 1. The third-order valence-corrected chi connectivity index (χ3v) is 1.36. The van der Waals surface area contributed by atoms with Gasteiger partial charge in [-0.05, 0) is 12.1 Å². The van der Waals surface area contributed by atoms with Gasteiger partial charge in [0.15, 0.2) is 5.75 Å². The molecule has 0 aromatic carbocycles. The molecular formula is C8H7N3O. The van der Waals surface area contributed by atoms with Crippen LogP contribution in [0.15, 0.2) is 36.9 Å². The largest absolute Gasteiger partial charge is 0.454 e. The second-order valence-corrected chi connectivity index (χ2v) is 2.22. The van der Waals surface area contributed by atoms with E-state index in [1.165, 1.54) is 0 Å². The van der Waals surface area contributed by atoms with Crippen molar-refractivity contribution in [3.63, 3.8) is 0 Å². The van der Waals surface area contributed by atoms with E-state index in [-0.39, 0.29) is 0 Å². The summed E-state index contributed by atoms with van der Waals surface area (Å²) in [5.41, 5.74) is 0. The summed E-state index contributed by atoms with van der Waals surface area (Å²) in [6, 6.07) is 3.57. The van der Waals surface area contributed by atoms with E-state index in [0.29, 0.717) is 5.75 Å². The quantitative estimate of drug-likeness (QED) is 0.727. The van der Waals surface area contributed by atoms with E-state index in [9.17, 15) is 0 Å². The fraction of sp³-hybridized carbons (Fsp3) is 0. The van der Waals surface area contributed by atoms with E-state index in [1.807, 2.05) is 0 Å². The zero-order valence-electron chi connectivity index (χ0n) is 6.27. The second kappa shape index (κ2) is 3.04. The molecule has 4 heteroatoms. The summed E-state index contributed by atoms with van der Waals surface area (Å²) < 4.78 is 5.38. The first-order chi connectivity index (χ1) is 5.95. The lowest BCUT2D eigenvalue weighted by Gasteiger charge is -1.99. The van der Waals surface area contributed by atoms with Crippen LogP contribution in [0.5, 0.6) is 11.5 Å². The molecule has 2 heterocycles. The molecule has 2 aromatic rings. The lowest BCUT2D eigenvalue weighted by atomic mass is 10.4. The van der Waals surface area contributed by atoms with Gasteiger partial charge in [0.1, 0.15) is 5.75 Å². The zero-order chi connectivity index (χ0) is 8.23. The highest BCUT2D eigenvalue weighted by molar-refractivity contribution is 5.24. The number of aromatic amines is 1. The van der Waals surface area contributed by atoms with E-state index in [0.717, 1.165) is 5.75 Å². The van der Waals surface area contributed by atoms with Crippen molar-refractivity contribution in [3.8, 4) is 11.5 Å². The molecule has 0 atom stereocenters. The standard InChI is InChI=1S/C8H7N3O/c1-3-9-4-2-7(1)12-8-5-10-11-6-8/h1-6H,(H,10,11). The van der Waals surface area contributed by atoms with Crippen LogP contribution in [0, 0.1) is 0 Å². The van der Waals surface area contributed by atoms with Gasteiger partial charge in [-0.25, -0.2) is 0 Å². The van der Waals surface area contributed by atoms with Gasteiger partial charge in [0.25, 0.3) is 0 Å². The van der Waals surface area contributed by atoms with Crippen LogP contribution in [0.1, 0.15) is 0 Å². The van der Waals surface area contributed by atoms with Crippen LogP contribution >= 0.6 is 0 Å². The average Bonchev–Trinajstić information content (AvgIpc) is 2.59. The van der Waals surface area contributed by atoms with Gasteiger partial charge in [-0.2, -0.15) is 5.10 Å². The summed E-state index contributed by atoms with van der Waals surface area (Å²) in [6.45, 7) is 0. The molecule has 60 valence electrons. The van der Waals surface area contributed by atoms with Gasteiger partial charge in [-0.1, -0.05) is 0 Å². The molecule has 0 amide bonds. The van der Waals surface area contributed by atoms with Crippen molar-refractivity contribution in [1.29, 1.82) is 0 Å². The summed E-state index contributed by atoms with van der Waals surface area (Å²) in [4.78, 5) is 3.87. The van der Waals surface area contributed by atoms with E-state index in [4.69, 9.17) is 4.74 Å². The molecule has 2 rings (SSSR count). The highest BCUT2D eigenvalue weighted by atomic mass is 16.5. The Balaban J connectivity index is 2.15. The SMILES string of the molecule is c1cc(Oc2cn[nH]c2)ccn1. The van der Waals surface area contributed by atoms with Gasteiger partial charge in [0.2, 0.25) is 0 Å². The van der Waals surface area contributed by atoms with Gasteiger partial charge < -0.3 is 4.74 Å². The summed E-state index contributed by atoms with van der Waals surface area (Å²) in [5.74, 6) is 1.45. The first-order valence-corrected chi connectivity index (χ1v) is 3.52. The molecule has 0 unspecified atom stereocenters. The Labute approximate surface area is 69.2 Å². The summed E-state index contributed by atoms with van der Waals surface area (Å²) in [6.07, 6.45) is 6.64. The number of pyridine rings is 1. The zero-order valence-corrected chi connectivity index (χ0v) is 6.27. The highest BCUT2D eigenvalue weighted by Crippen LogP contribution is 2.17. The molecular weight excluding hydrogens is 154 g/mol. The Morgan fingerprint density at radius 1 is 1.17 bits per heavy atom. The molecule has 0 saturated heterocycles. The fourth-order valence-corrected chi connectivity index (χ4v) is 0.837. The van der Waals surface area contributed by atoms with Gasteiger partial charge in [0, 0.05) is 12.4 Å². The average molecular weight is 161 g/mol. The third-order valence-electron chi connectivity index (χ3n) is 1.36. The highest BCUT2D eigenvalue weighted by Gasteiger charge is 1.95. The Morgan fingerprint density at radius 2 is 2.00 bits per heavy atom. The predicted molar refractivity (Wildman–Crippen MR) is 42.9 cm³/mol. The molecule has 0 radical (unpaired) electrons. The maximum atomic E-state index is 5.38. The molecule has 4 nitrogen and oxygen atoms in total. The molecule has 12 heavy (non-hydrogen) atoms. The number of aromatic nitrogens is 3. The van der Waals surface area contributed by atoms with Crippen LogP contribution in [-0.4, -0.2) is 15.2 Å². The Morgan fingerprint density at radius 3 is 2.67 bits per heavy atom. The Bertz CT molecular complexity index is 330. The molecule has 0 bridgehead atoms. The first-order valence-electron chi connectivity index (χ1n) is 3.52. The predicted octanol–water partition coefficient (Wildman–Crippen LogP) is 1.60. The third kappa shape index (κ3) is 1.42. The minimum atomic E-state index is 0.696. The molecule has 0 aliphatic rings. The first kappa shape index (κ1) is 6.84. The summed E-state index contributed by atoms with van der Waals surface area (Å²) in [7, 11) is 0. The summed E-state index contributed by atoms with van der Waals surface area (Å²) in [5, 5.41) is 6.41. The maximum absolute atomic E-state index is 5.38. The minimum Gasteiger partial charge on any atom is -0.454 e. The van der Waals surface area contributed by atoms with Gasteiger partial charge in [-0.15, -0.1) is 0 Å². The van der Waals surface area contributed by atoms with Gasteiger partial charge >= 0.3 is 0 Å². The molecule has 2 aromatic heterocycles. The van der Waals surface area contributed by atoms with Crippen molar-refractivity contribution >= 4 is 0 Å². The van der Waals surface area contributed by atoms with Crippen molar-refractivity contribution in [1.82, 2.24) is 15.2 Å². The minimum absolute atomic E-state index is 0.696. The number of H-pyrrole nitrogens is 1. The van der Waals surface area contributed by atoms with Crippen LogP contribution in [0.2, 0.25) is 0 Å². The normalized spacial score (nSPS) is 9.67. The summed E-state index contributed by atoms with van der Waals surface area (Å²) >= 11 is 0. The number of nitrogens with one attached hydrogen (secondary N) is 1. The van der Waals surface area contributed by atoms with Crippen molar-refractivity contribution < 1.29 is 4.74 Å². The lowest BCUT2D eigenvalue weighted by Crippen LogP contribution is -1.80. The Hall–Kier alpha value is -1.84. The van der Waals surface area contributed by atoms with Crippen molar-refractivity contribution in [2.24, 2.45) is 0 Å². The lowest BCUT2D eigenvalue weighted by molar-refractivity contribution is 0.482. The number of rotatable bonds is 2. The molecule has 0 aliphatic heterocycles. The maximum Gasteiger partial charge on any atom is 0.165 e. The van der Waals surface area contributed by atoms with Gasteiger partial charge in [0.05, 0.1) is 12.4 Å². The second-order valence-electron chi connectivity index (χ2n) is 2.22. The van der Waals surface area contributed by atoms with Crippen molar-refractivity contribution in [3.05, 3.63) is 36.9 Å². The monoisotopic (exact) mass is 161 g/mol. The van der Waals surface area contributed by atoms with Crippen LogP contribution in [0.4, 0.5) is 0 Å². The van der Waals surface area contributed by atoms with Gasteiger partial charge in [-0.3, -0.25) is 10.1 Å². The van der Waals surface area contributed by atoms with Crippen LogP contribution in [-0.2, 0) is 0 Å². The number of nitrogens with zero attached hydrogens (tertiary/aromatic N) is 2.